The Morgan fingerprint density at radius 3 is 2.93 bits per heavy atom. The fraction of sp³-hybridized carbons (Fsp3) is 0.111. The molecule has 0 aliphatic carbocycles. The molecule has 2 aromatic rings. The Morgan fingerprint density at radius 2 is 2.27 bits per heavy atom. The van der Waals surface area contributed by atoms with Crippen LogP contribution in [-0.2, 0) is 6.54 Å². The lowest BCUT2D eigenvalue weighted by Gasteiger charge is -2.04. The monoisotopic (exact) mass is 286 g/mol. The van der Waals surface area contributed by atoms with Crippen molar-refractivity contribution in [3.05, 3.63) is 39.6 Å². The van der Waals surface area contributed by atoms with Crippen LogP contribution >= 0.6 is 27.5 Å². The van der Waals surface area contributed by atoms with E-state index in [9.17, 15) is 0 Å². The lowest BCUT2D eigenvalue weighted by molar-refractivity contribution is 0.794. The van der Waals surface area contributed by atoms with Crippen molar-refractivity contribution in [3.63, 3.8) is 0 Å². The van der Waals surface area contributed by atoms with Crippen molar-refractivity contribution in [2.75, 3.05) is 0 Å². The Labute approximate surface area is 100 Å². The Balaban J connectivity index is 2.49. The van der Waals surface area contributed by atoms with E-state index in [-0.39, 0.29) is 0 Å². The topological polar surface area (TPSA) is 56.7 Å². The molecule has 0 amide bonds. The van der Waals surface area contributed by atoms with Crippen molar-refractivity contribution < 1.29 is 0 Å². The third-order valence-corrected chi connectivity index (χ3v) is 3.30. The van der Waals surface area contributed by atoms with E-state index in [2.05, 4.69) is 26.2 Å². The average Bonchev–Trinajstić information content (AvgIpc) is 2.70. The molecule has 6 heteroatoms. The van der Waals surface area contributed by atoms with Gasteiger partial charge in [0.25, 0.3) is 0 Å². The van der Waals surface area contributed by atoms with Crippen LogP contribution in [-0.4, -0.2) is 15.0 Å². The van der Waals surface area contributed by atoms with Crippen molar-refractivity contribution in [3.8, 4) is 5.69 Å². The highest BCUT2D eigenvalue weighted by atomic mass is 79.9. The van der Waals surface area contributed by atoms with Crippen LogP contribution in [0.25, 0.3) is 5.69 Å². The van der Waals surface area contributed by atoms with Crippen molar-refractivity contribution in [1.29, 1.82) is 0 Å². The lowest BCUT2D eigenvalue weighted by atomic mass is 10.3. The van der Waals surface area contributed by atoms with Gasteiger partial charge in [0.2, 0.25) is 0 Å². The molecule has 0 saturated carbocycles. The van der Waals surface area contributed by atoms with E-state index >= 15 is 0 Å². The second-order valence-electron chi connectivity index (χ2n) is 2.93. The Kier molecular flexibility index (Phi) is 3.04. The van der Waals surface area contributed by atoms with Crippen molar-refractivity contribution in [1.82, 2.24) is 15.0 Å². The zero-order valence-electron chi connectivity index (χ0n) is 7.69. The number of nitrogens with two attached hydrogens (primary N) is 1. The highest BCUT2D eigenvalue weighted by molar-refractivity contribution is 9.10. The third kappa shape index (κ3) is 2.04. The summed E-state index contributed by atoms with van der Waals surface area (Å²) in [5, 5.41) is 8.50. The maximum absolute atomic E-state index is 5.97. The zero-order valence-corrected chi connectivity index (χ0v) is 10.0. The van der Waals surface area contributed by atoms with Crippen molar-refractivity contribution in [2.45, 2.75) is 6.54 Å². The first-order valence-corrected chi connectivity index (χ1v) is 5.45. The van der Waals surface area contributed by atoms with Gasteiger partial charge in [0, 0.05) is 6.54 Å². The van der Waals surface area contributed by atoms with Crippen LogP contribution < -0.4 is 5.73 Å². The lowest BCUT2D eigenvalue weighted by Crippen LogP contribution is -1.96. The van der Waals surface area contributed by atoms with Gasteiger partial charge < -0.3 is 5.73 Å². The van der Waals surface area contributed by atoms with Crippen LogP contribution in [0, 0.1) is 0 Å². The Hall–Kier alpha value is -0.910. The molecule has 1 aromatic carbocycles. The molecule has 0 atom stereocenters. The molecule has 4 nitrogen and oxygen atoms in total. The summed E-state index contributed by atoms with van der Waals surface area (Å²) in [4.78, 5) is 0. The predicted molar refractivity (Wildman–Crippen MR) is 62.0 cm³/mol. The first-order valence-electron chi connectivity index (χ1n) is 4.28. The van der Waals surface area contributed by atoms with E-state index in [1.54, 1.807) is 16.9 Å². The molecule has 0 bridgehead atoms. The average molecular weight is 288 g/mol. The second kappa shape index (κ2) is 4.30. The molecule has 0 aliphatic rings. The van der Waals surface area contributed by atoms with Gasteiger partial charge in [0.05, 0.1) is 27.1 Å². The Bertz CT molecular complexity index is 483. The molecular formula is C9H8BrClN4. The molecular weight excluding hydrogens is 279 g/mol. The second-order valence-corrected chi connectivity index (χ2v) is 4.13. The summed E-state index contributed by atoms with van der Waals surface area (Å²) in [7, 11) is 0. The SMILES string of the molecule is NCc1cn(-c2cccc(Cl)c2Br)nn1. The number of nitrogens with zero attached hydrogens (tertiary/aromatic N) is 3. The maximum atomic E-state index is 5.97. The van der Waals surface area contributed by atoms with Gasteiger partial charge in [0.1, 0.15) is 0 Å². The number of benzene rings is 1. The largest absolute Gasteiger partial charge is 0.325 e. The van der Waals surface area contributed by atoms with Gasteiger partial charge in [0.15, 0.2) is 0 Å². The molecule has 0 saturated heterocycles. The van der Waals surface area contributed by atoms with Gasteiger partial charge in [-0.15, -0.1) is 5.10 Å². The summed E-state index contributed by atoms with van der Waals surface area (Å²) >= 11 is 9.37. The van der Waals surface area contributed by atoms with Gasteiger partial charge in [-0.3, -0.25) is 0 Å². The summed E-state index contributed by atoms with van der Waals surface area (Å²) in [6.07, 6.45) is 1.77. The minimum absolute atomic E-state index is 0.373. The van der Waals surface area contributed by atoms with Gasteiger partial charge in [-0.05, 0) is 28.1 Å². The van der Waals surface area contributed by atoms with Crippen LogP contribution in [0.15, 0.2) is 28.9 Å². The van der Waals surface area contributed by atoms with E-state index in [0.717, 1.165) is 15.9 Å². The zero-order chi connectivity index (χ0) is 10.8. The van der Waals surface area contributed by atoms with E-state index in [1.807, 2.05) is 12.1 Å². The van der Waals surface area contributed by atoms with E-state index in [4.69, 9.17) is 17.3 Å². The number of halogens is 2. The molecule has 0 unspecified atom stereocenters. The van der Waals surface area contributed by atoms with Crippen LogP contribution in [0.1, 0.15) is 5.69 Å². The minimum Gasteiger partial charge on any atom is -0.325 e. The molecule has 0 radical (unpaired) electrons. The first kappa shape index (κ1) is 10.6. The van der Waals surface area contributed by atoms with Gasteiger partial charge >= 0.3 is 0 Å². The third-order valence-electron chi connectivity index (χ3n) is 1.93. The van der Waals surface area contributed by atoms with E-state index in [0.29, 0.717) is 11.6 Å². The predicted octanol–water partition coefficient (Wildman–Crippen LogP) is 2.14. The van der Waals surface area contributed by atoms with E-state index in [1.165, 1.54) is 0 Å². The summed E-state index contributed by atoms with van der Waals surface area (Å²) in [6.45, 7) is 0.373. The van der Waals surface area contributed by atoms with Gasteiger partial charge in [-0.2, -0.15) is 0 Å². The number of hydrogen-bond acceptors (Lipinski definition) is 3. The maximum Gasteiger partial charge on any atom is 0.0967 e. The van der Waals surface area contributed by atoms with E-state index < -0.39 is 0 Å². The molecule has 0 fully saturated rings. The standard InChI is InChI=1S/C9H8BrClN4/c10-9-7(11)2-1-3-8(9)15-5-6(4-12)13-14-15/h1-3,5H,4,12H2. The van der Waals surface area contributed by atoms with Crippen LogP contribution in [0.2, 0.25) is 5.02 Å². The summed E-state index contributed by atoms with van der Waals surface area (Å²) in [5.41, 5.74) is 7.04. The highest BCUT2D eigenvalue weighted by Crippen LogP contribution is 2.28. The van der Waals surface area contributed by atoms with Crippen LogP contribution in [0.5, 0.6) is 0 Å². The van der Waals surface area contributed by atoms with Crippen molar-refractivity contribution in [2.24, 2.45) is 5.73 Å². The van der Waals surface area contributed by atoms with Crippen LogP contribution in [0.3, 0.4) is 0 Å². The Morgan fingerprint density at radius 1 is 1.47 bits per heavy atom. The van der Waals surface area contributed by atoms with Crippen molar-refractivity contribution >= 4 is 27.5 Å². The molecule has 0 spiro atoms. The van der Waals surface area contributed by atoms with Gasteiger partial charge in [-0.25, -0.2) is 4.68 Å². The number of aromatic nitrogens is 3. The smallest absolute Gasteiger partial charge is 0.0967 e. The minimum atomic E-state index is 0.373. The molecule has 1 aromatic heterocycles. The molecule has 78 valence electrons. The molecule has 2 rings (SSSR count). The highest BCUT2D eigenvalue weighted by Gasteiger charge is 2.07. The normalized spacial score (nSPS) is 10.6. The quantitative estimate of drug-likeness (QED) is 0.920. The fourth-order valence-corrected chi connectivity index (χ4v) is 1.79. The molecule has 0 aliphatic heterocycles. The van der Waals surface area contributed by atoms with Crippen LogP contribution in [0.4, 0.5) is 0 Å². The van der Waals surface area contributed by atoms with Gasteiger partial charge in [-0.1, -0.05) is 22.9 Å². The molecule has 15 heavy (non-hydrogen) atoms. The molecule has 2 N–H and O–H groups in total. The first-order chi connectivity index (χ1) is 7.22. The number of rotatable bonds is 2. The number of hydrogen-bond donors (Lipinski definition) is 1. The fourth-order valence-electron chi connectivity index (χ4n) is 1.18. The summed E-state index contributed by atoms with van der Waals surface area (Å²) < 4.78 is 2.43. The molecule has 1 heterocycles. The summed E-state index contributed by atoms with van der Waals surface area (Å²) in [6, 6.07) is 5.55. The summed E-state index contributed by atoms with van der Waals surface area (Å²) in [5.74, 6) is 0.